The lowest BCUT2D eigenvalue weighted by molar-refractivity contribution is -0.111. The Labute approximate surface area is 157 Å². The van der Waals surface area contributed by atoms with Crippen LogP contribution in [-0.2, 0) is 4.74 Å². The second-order valence-electron chi connectivity index (χ2n) is 10.3. The van der Waals surface area contributed by atoms with Crippen LogP contribution in [0.2, 0.25) is 0 Å². The minimum Gasteiger partial charge on any atom is -0.369 e. The van der Waals surface area contributed by atoms with E-state index in [1.807, 2.05) is 13.8 Å². The van der Waals surface area contributed by atoms with Gasteiger partial charge >= 0.3 is 0 Å². The number of hydrogen-bond acceptors (Lipinski definition) is 1. The third-order valence-corrected chi connectivity index (χ3v) is 7.86. The highest BCUT2D eigenvalue weighted by molar-refractivity contribution is 5.31. The van der Waals surface area contributed by atoms with Crippen molar-refractivity contribution >= 4 is 0 Å². The van der Waals surface area contributed by atoms with E-state index in [-0.39, 0.29) is 12.0 Å². The fourth-order valence-corrected chi connectivity index (χ4v) is 6.47. The Bertz CT molecular complexity index is 526. The number of ether oxygens (including phenoxy) is 1. The van der Waals surface area contributed by atoms with Gasteiger partial charge in [-0.3, -0.25) is 0 Å². The van der Waals surface area contributed by atoms with E-state index in [0.717, 1.165) is 5.92 Å². The number of allylic oxidation sites excluding steroid dienone is 2. The van der Waals surface area contributed by atoms with Crippen molar-refractivity contribution in [1.82, 2.24) is 0 Å². The van der Waals surface area contributed by atoms with E-state index >= 15 is 0 Å². The Hall–Kier alpha value is -0.440. The van der Waals surface area contributed by atoms with Crippen molar-refractivity contribution in [3.8, 4) is 0 Å². The van der Waals surface area contributed by atoms with E-state index in [4.69, 9.17) is 4.74 Å². The molecule has 0 N–H and O–H groups in total. The maximum atomic E-state index is 14.6. The van der Waals surface area contributed by atoms with Gasteiger partial charge in [-0.1, -0.05) is 18.1 Å². The summed E-state index contributed by atoms with van der Waals surface area (Å²) in [6.07, 6.45) is 7.97. The molecule has 2 unspecified atom stereocenters. The summed E-state index contributed by atoms with van der Waals surface area (Å²) >= 11 is 0. The van der Waals surface area contributed by atoms with Crippen molar-refractivity contribution in [3.05, 3.63) is 11.1 Å². The summed E-state index contributed by atoms with van der Waals surface area (Å²) in [4.78, 5) is 0. The zero-order valence-corrected chi connectivity index (χ0v) is 16.8. The molecule has 5 rings (SSSR count). The molecular formula is C23H36F2O. The van der Waals surface area contributed by atoms with E-state index < -0.39 is 18.4 Å². The Kier molecular flexibility index (Phi) is 5.22. The fraction of sp³-hybridized carbons (Fsp3) is 0.913. The van der Waals surface area contributed by atoms with Crippen LogP contribution in [0.5, 0.6) is 0 Å². The molecule has 26 heavy (non-hydrogen) atoms. The molecule has 2 bridgehead atoms. The molecule has 3 heteroatoms. The molecule has 0 amide bonds. The molecule has 0 aromatic heterocycles. The molecule has 0 radical (unpaired) electrons. The summed E-state index contributed by atoms with van der Waals surface area (Å²) in [7, 11) is 0. The van der Waals surface area contributed by atoms with Crippen molar-refractivity contribution in [3.63, 3.8) is 0 Å². The molecule has 3 saturated carbocycles. The van der Waals surface area contributed by atoms with E-state index in [9.17, 15) is 8.78 Å². The molecule has 0 spiro atoms. The third kappa shape index (κ3) is 3.62. The largest absolute Gasteiger partial charge is 0.369 e. The van der Waals surface area contributed by atoms with Crippen LogP contribution < -0.4 is 0 Å². The standard InChI is InChI=1S/C23H36F2O/c1-14(2)26-22-20(24)10-17(11-21(22)25)15-4-6-16(7-5-15)19-8-9-23(3)12-18(19)13-23/h14-17,20-22H,4-13H2,1-3H3. The summed E-state index contributed by atoms with van der Waals surface area (Å²) in [5, 5.41) is 0. The number of rotatable bonds is 4. The zero-order chi connectivity index (χ0) is 18.5. The van der Waals surface area contributed by atoms with Crippen LogP contribution in [0.4, 0.5) is 8.78 Å². The van der Waals surface area contributed by atoms with E-state index in [1.165, 1.54) is 51.4 Å². The predicted molar refractivity (Wildman–Crippen MR) is 102 cm³/mol. The van der Waals surface area contributed by atoms with Crippen molar-refractivity contribution in [1.29, 1.82) is 0 Å². The average Bonchev–Trinajstić information content (AvgIpc) is 2.57. The highest BCUT2D eigenvalue weighted by Gasteiger charge is 2.45. The summed E-state index contributed by atoms with van der Waals surface area (Å²) in [5.74, 6) is 1.50. The smallest absolute Gasteiger partial charge is 0.129 e. The number of alkyl halides is 2. The summed E-state index contributed by atoms with van der Waals surface area (Å²) in [6, 6.07) is 0. The number of hydrogen-bond donors (Lipinski definition) is 0. The normalized spacial score (nSPS) is 42.7. The first-order valence-electron chi connectivity index (χ1n) is 11.0. The lowest BCUT2D eigenvalue weighted by Crippen LogP contribution is -2.45. The summed E-state index contributed by atoms with van der Waals surface area (Å²) in [5.41, 5.74) is 4.17. The maximum Gasteiger partial charge on any atom is 0.129 e. The van der Waals surface area contributed by atoms with Crippen LogP contribution in [0.25, 0.3) is 0 Å². The van der Waals surface area contributed by atoms with Crippen LogP contribution in [0.3, 0.4) is 0 Å². The van der Waals surface area contributed by atoms with Gasteiger partial charge in [-0.2, -0.15) is 0 Å². The van der Waals surface area contributed by atoms with Gasteiger partial charge in [0, 0.05) is 0 Å². The molecule has 1 nitrogen and oxygen atoms in total. The van der Waals surface area contributed by atoms with Gasteiger partial charge < -0.3 is 4.74 Å². The van der Waals surface area contributed by atoms with Crippen LogP contribution in [0, 0.1) is 23.2 Å². The molecule has 0 aliphatic heterocycles. The molecule has 5 aliphatic rings. The molecule has 0 aromatic rings. The van der Waals surface area contributed by atoms with Gasteiger partial charge in [0.1, 0.15) is 18.4 Å². The van der Waals surface area contributed by atoms with Crippen molar-refractivity contribution in [2.24, 2.45) is 23.2 Å². The number of halogens is 2. The molecule has 0 aromatic carbocycles. The van der Waals surface area contributed by atoms with Gasteiger partial charge in [0.05, 0.1) is 6.10 Å². The second-order valence-corrected chi connectivity index (χ2v) is 10.3. The van der Waals surface area contributed by atoms with Gasteiger partial charge in [0.25, 0.3) is 0 Å². The predicted octanol–water partition coefficient (Wildman–Crippen LogP) is 6.56. The minimum atomic E-state index is -1.14. The molecule has 148 valence electrons. The summed E-state index contributed by atoms with van der Waals surface area (Å²) in [6.45, 7) is 6.15. The van der Waals surface area contributed by atoms with Crippen molar-refractivity contribution < 1.29 is 13.5 Å². The minimum absolute atomic E-state index is 0.109. The lowest BCUT2D eigenvalue weighted by Gasteiger charge is -2.50. The quantitative estimate of drug-likeness (QED) is 0.512. The van der Waals surface area contributed by atoms with Gasteiger partial charge in [0.15, 0.2) is 0 Å². The first-order valence-corrected chi connectivity index (χ1v) is 11.0. The molecule has 3 fully saturated rings. The monoisotopic (exact) mass is 366 g/mol. The number of fused-ring (bicyclic) bond motifs is 2. The van der Waals surface area contributed by atoms with Gasteiger partial charge in [-0.15, -0.1) is 0 Å². The highest BCUT2D eigenvalue weighted by Crippen LogP contribution is 2.57. The van der Waals surface area contributed by atoms with Crippen molar-refractivity contribution in [2.75, 3.05) is 0 Å². The van der Waals surface area contributed by atoms with E-state index in [0.29, 0.717) is 24.2 Å². The Morgan fingerprint density at radius 1 is 0.962 bits per heavy atom. The van der Waals surface area contributed by atoms with Gasteiger partial charge in [0.2, 0.25) is 0 Å². The summed E-state index contributed by atoms with van der Waals surface area (Å²) < 4.78 is 34.6. The van der Waals surface area contributed by atoms with Crippen LogP contribution in [0.1, 0.15) is 85.0 Å². The lowest BCUT2D eigenvalue weighted by atomic mass is 9.56. The first-order chi connectivity index (χ1) is 12.3. The van der Waals surface area contributed by atoms with Gasteiger partial charge in [-0.25, -0.2) is 8.78 Å². The van der Waals surface area contributed by atoms with Crippen LogP contribution in [0.15, 0.2) is 11.1 Å². The Balaban J connectivity index is 1.31. The molecule has 2 atom stereocenters. The molecular weight excluding hydrogens is 330 g/mol. The van der Waals surface area contributed by atoms with E-state index in [2.05, 4.69) is 6.92 Å². The molecule has 5 aliphatic carbocycles. The average molecular weight is 367 g/mol. The van der Waals surface area contributed by atoms with Gasteiger partial charge in [-0.05, 0) is 101 Å². The zero-order valence-electron chi connectivity index (χ0n) is 16.8. The Morgan fingerprint density at radius 2 is 1.58 bits per heavy atom. The van der Waals surface area contributed by atoms with Crippen molar-refractivity contribution in [2.45, 2.75) is 110 Å². The second kappa shape index (κ2) is 7.18. The Morgan fingerprint density at radius 3 is 2.08 bits per heavy atom. The van der Waals surface area contributed by atoms with E-state index in [1.54, 1.807) is 11.1 Å². The first kappa shape index (κ1) is 18.9. The molecule has 0 heterocycles. The third-order valence-electron chi connectivity index (χ3n) is 7.86. The highest BCUT2D eigenvalue weighted by atomic mass is 19.1. The fourth-order valence-electron chi connectivity index (χ4n) is 6.47. The molecule has 0 saturated heterocycles. The SMILES string of the molecule is CC(C)OC1C(F)CC(C2CCC(C3=C4CC(C)(CC3)C4)CC2)CC1F. The van der Waals surface area contributed by atoms with Crippen LogP contribution in [-0.4, -0.2) is 24.6 Å². The topological polar surface area (TPSA) is 9.23 Å². The maximum absolute atomic E-state index is 14.6. The van der Waals surface area contributed by atoms with Crippen LogP contribution >= 0.6 is 0 Å².